The van der Waals surface area contributed by atoms with Crippen molar-refractivity contribution in [1.29, 1.82) is 0 Å². The van der Waals surface area contributed by atoms with Crippen molar-refractivity contribution in [2.24, 2.45) is 0 Å². The summed E-state index contributed by atoms with van der Waals surface area (Å²) in [7, 11) is 0. The number of anilines is 1. The van der Waals surface area contributed by atoms with Gasteiger partial charge in [0, 0.05) is 17.0 Å². The highest BCUT2D eigenvalue weighted by molar-refractivity contribution is 6.04. The van der Waals surface area contributed by atoms with Crippen molar-refractivity contribution in [2.75, 3.05) is 5.32 Å². The van der Waals surface area contributed by atoms with Crippen LogP contribution in [0.3, 0.4) is 0 Å². The number of aromatic nitrogens is 5. The number of hydrogen-bond acceptors (Lipinski definition) is 4. The molecule has 1 aliphatic carbocycles. The van der Waals surface area contributed by atoms with Gasteiger partial charge in [-0.2, -0.15) is 19.0 Å². The van der Waals surface area contributed by atoms with E-state index in [2.05, 4.69) is 25.6 Å². The van der Waals surface area contributed by atoms with Crippen LogP contribution in [0.15, 0.2) is 36.7 Å². The first kappa shape index (κ1) is 15.4. The molecular formula is C16H14F2N6O. The van der Waals surface area contributed by atoms with Gasteiger partial charge in [-0.1, -0.05) is 12.1 Å². The van der Waals surface area contributed by atoms with Crippen LogP contribution >= 0.6 is 0 Å². The van der Waals surface area contributed by atoms with Crippen LogP contribution in [0.4, 0.5) is 14.5 Å². The van der Waals surface area contributed by atoms with Crippen molar-refractivity contribution >= 4 is 11.6 Å². The van der Waals surface area contributed by atoms with Crippen molar-refractivity contribution in [3.05, 3.63) is 48.0 Å². The molecule has 1 aliphatic rings. The Morgan fingerprint density at radius 1 is 1.28 bits per heavy atom. The lowest BCUT2D eigenvalue weighted by molar-refractivity contribution is 0.0566. The van der Waals surface area contributed by atoms with E-state index in [0.29, 0.717) is 22.0 Å². The standard InChI is InChI=1S/C16H14F2N6O/c17-16(18)24-8-12(7-19-24)20-15(25)11-5-3-10(4-6-11)14-21-13(22-23-14)9-1-2-9/h3-9,16H,1-2H2,(H,20,25)(H,21,22,23). The molecule has 9 heteroatoms. The SMILES string of the molecule is O=C(Nc1cnn(C(F)F)c1)c1ccc(-c2n[nH]c(C3CC3)n2)cc1. The van der Waals surface area contributed by atoms with Gasteiger partial charge in [-0.3, -0.25) is 9.89 Å². The zero-order valence-electron chi connectivity index (χ0n) is 13.0. The molecule has 0 spiro atoms. The molecule has 1 saturated carbocycles. The van der Waals surface area contributed by atoms with Crippen LogP contribution in [0.2, 0.25) is 0 Å². The highest BCUT2D eigenvalue weighted by atomic mass is 19.3. The Balaban J connectivity index is 1.45. The van der Waals surface area contributed by atoms with E-state index in [1.807, 2.05) is 0 Å². The fraction of sp³-hybridized carbons (Fsp3) is 0.250. The summed E-state index contributed by atoms with van der Waals surface area (Å²) in [6.45, 7) is -2.74. The summed E-state index contributed by atoms with van der Waals surface area (Å²) < 4.78 is 25.4. The number of nitrogens with one attached hydrogen (secondary N) is 2. The van der Waals surface area contributed by atoms with Gasteiger partial charge in [0.25, 0.3) is 5.91 Å². The van der Waals surface area contributed by atoms with Crippen LogP contribution in [0.5, 0.6) is 0 Å². The molecule has 4 rings (SSSR count). The number of aromatic amines is 1. The highest BCUT2D eigenvalue weighted by Crippen LogP contribution is 2.38. The van der Waals surface area contributed by atoms with Gasteiger partial charge < -0.3 is 5.32 Å². The molecule has 7 nitrogen and oxygen atoms in total. The van der Waals surface area contributed by atoms with Crippen LogP contribution in [0.1, 0.15) is 41.5 Å². The fourth-order valence-corrected chi connectivity index (χ4v) is 2.43. The zero-order valence-corrected chi connectivity index (χ0v) is 13.0. The Morgan fingerprint density at radius 2 is 2.04 bits per heavy atom. The summed E-state index contributed by atoms with van der Waals surface area (Å²) in [6.07, 6.45) is 4.52. The van der Waals surface area contributed by atoms with E-state index in [1.165, 1.54) is 6.20 Å². The Kier molecular flexibility index (Phi) is 3.75. The maximum absolute atomic E-state index is 12.5. The number of amides is 1. The molecule has 1 aromatic carbocycles. The molecular weight excluding hydrogens is 330 g/mol. The number of halogens is 2. The van der Waals surface area contributed by atoms with E-state index in [-0.39, 0.29) is 5.69 Å². The number of carbonyl (C=O) groups excluding carboxylic acids is 1. The number of benzene rings is 1. The molecule has 2 N–H and O–H groups in total. The second-order valence-electron chi connectivity index (χ2n) is 5.84. The molecule has 0 unspecified atom stereocenters. The van der Waals surface area contributed by atoms with Crippen molar-refractivity contribution in [3.63, 3.8) is 0 Å². The number of alkyl halides is 2. The molecule has 2 heterocycles. The highest BCUT2D eigenvalue weighted by Gasteiger charge is 2.27. The quantitative estimate of drug-likeness (QED) is 0.744. The average Bonchev–Trinajstić information content (AvgIpc) is 3.16. The predicted octanol–water partition coefficient (Wildman–Crippen LogP) is 3.19. The van der Waals surface area contributed by atoms with Gasteiger partial charge in [0.05, 0.1) is 18.1 Å². The summed E-state index contributed by atoms with van der Waals surface area (Å²) in [6, 6.07) is 6.76. The first-order chi connectivity index (χ1) is 12.1. The lowest BCUT2D eigenvalue weighted by atomic mass is 10.1. The topological polar surface area (TPSA) is 88.5 Å². The minimum absolute atomic E-state index is 0.206. The van der Waals surface area contributed by atoms with E-state index in [1.54, 1.807) is 24.3 Å². The van der Waals surface area contributed by atoms with Crippen LogP contribution in [0, 0.1) is 0 Å². The molecule has 0 aliphatic heterocycles. The van der Waals surface area contributed by atoms with E-state index < -0.39 is 12.5 Å². The van der Waals surface area contributed by atoms with E-state index in [4.69, 9.17) is 0 Å². The number of carbonyl (C=O) groups is 1. The van der Waals surface area contributed by atoms with Crippen LogP contribution in [-0.2, 0) is 0 Å². The Morgan fingerprint density at radius 3 is 2.68 bits per heavy atom. The first-order valence-corrected chi connectivity index (χ1v) is 7.76. The summed E-state index contributed by atoms with van der Waals surface area (Å²) in [5.41, 5.74) is 1.40. The largest absolute Gasteiger partial charge is 0.333 e. The van der Waals surface area contributed by atoms with Crippen molar-refractivity contribution in [3.8, 4) is 11.4 Å². The maximum Gasteiger partial charge on any atom is 0.333 e. The second kappa shape index (κ2) is 6.08. The minimum atomic E-state index is -2.74. The summed E-state index contributed by atoms with van der Waals surface area (Å²) >= 11 is 0. The molecule has 0 saturated heterocycles. The molecule has 3 aromatic rings. The molecule has 0 atom stereocenters. The summed E-state index contributed by atoms with van der Waals surface area (Å²) in [5.74, 6) is 1.56. The van der Waals surface area contributed by atoms with Crippen molar-refractivity contribution in [1.82, 2.24) is 25.0 Å². The number of rotatable bonds is 5. The van der Waals surface area contributed by atoms with Crippen LogP contribution in [-0.4, -0.2) is 30.9 Å². The van der Waals surface area contributed by atoms with E-state index >= 15 is 0 Å². The molecule has 1 fully saturated rings. The van der Waals surface area contributed by atoms with Crippen LogP contribution in [0.25, 0.3) is 11.4 Å². The molecule has 0 bridgehead atoms. The van der Waals surface area contributed by atoms with E-state index in [9.17, 15) is 13.6 Å². The van der Waals surface area contributed by atoms with Gasteiger partial charge in [0.2, 0.25) is 0 Å². The Hall–Kier alpha value is -3.10. The van der Waals surface area contributed by atoms with Gasteiger partial charge >= 0.3 is 6.55 Å². The number of nitrogens with zero attached hydrogens (tertiary/aromatic N) is 4. The van der Waals surface area contributed by atoms with Gasteiger partial charge in [0.15, 0.2) is 5.82 Å². The smallest absolute Gasteiger partial charge is 0.319 e. The third-order valence-electron chi connectivity index (χ3n) is 3.93. The van der Waals surface area contributed by atoms with Gasteiger partial charge in [-0.25, -0.2) is 9.67 Å². The molecule has 2 aromatic heterocycles. The van der Waals surface area contributed by atoms with Gasteiger partial charge in [0.1, 0.15) is 5.82 Å². The average molecular weight is 344 g/mol. The van der Waals surface area contributed by atoms with E-state index in [0.717, 1.165) is 30.4 Å². The third-order valence-corrected chi connectivity index (χ3v) is 3.93. The summed E-state index contributed by atoms with van der Waals surface area (Å²) in [5, 5.41) is 13.1. The molecule has 128 valence electrons. The number of H-pyrrole nitrogens is 1. The predicted molar refractivity (Wildman–Crippen MR) is 85.2 cm³/mol. The van der Waals surface area contributed by atoms with Gasteiger partial charge in [-0.05, 0) is 25.0 Å². The van der Waals surface area contributed by atoms with Crippen molar-refractivity contribution < 1.29 is 13.6 Å². The second-order valence-corrected chi connectivity index (χ2v) is 5.84. The molecule has 25 heavy (non-hydrogen) atoms. The first-order valence-electron chi connectivity index (χ1n) is 7.76. The Labute approximate surface area is 141 Å². The monoisotopic (exact) mass is 344 g/mol. The van der Waals surface area contributed by atoms with Gasteiger partial charge in [-0.15, -0.1) is 0 Å². The molecule has 1 amide bonds. The maximum atomic E-state index is 12.5. The van der Waals surface area contributed by atoms with Crippen LogP contribution < -0.4 is 5.32 Å². The molecule has 0 radical (unpaired) electrons. The Bertz CT molecular complexity index is 898. The normalized spacial score (nSPS) is 14.0. The minimum Gasteiger partial charge on any atom is -0.319 e. The van der Waals surface area contributed by atoms with Crippen molar-refractivity contribution in [2.45, 2.75) is 25.3 Å². The lowest BCUT2D eigenvalue weighted by Gasteiger charge is -2.03. The summed E-state index contributed by atoms with van der Waals surface area (Å²) in [4.78, 5) is 16.6. The lowest BCUT2D eigenvalue weighted by Crippen LogP contribution is -2.11. The number of hydrogen-bond donors (Lipinski definition) is 2. The fourth-order valence-electron chi connectivity index (χ4n) is 2.43. The zero-order chi connectivity index (χ0) is 17.4. The third kappa shape index (κ3) is 3.25.